The maximum absolute atomic E-state index is 5.65. The first-order chi connectivity index (χ1) is 8.70. The van der Waals surface area contributed by atoms with Crippen molar-refractivity contribution < 1.29 is 4.74 Å². The van der Waals surface area contributed by atoms with E-state index in [9.17, 15) is 0 Å². The van der Waals surface area contributed by atoms with Crippen LogP contribution in [0.3, 0.4) is 0 Å². The fourth-order valence-electron chi connectivity index (χ4n) is 2.70. The number of aryl methyl sites for hydroxylation is 2. The molecule has 2 atom stereocenters. The van der Waals surface area contributed by atoms with Gasteiger partial charge in [-0.15, -0.1) is 0 Å². The normalized spacial score (nSPS) is 21.4. The molecule has 2 heterocycles. The summed E-state index contributed by atoms with van der Waals surface area (Å²) in [6.45, 7) is 2.94. The summed E-state index contributed by atoms with van der Waals surface area (Å²) in [5, 5.41) is 4.36. The first-order valence-corrected chi connectivity index (χ1v) is 6.79. The second-order valence-corrected chi connectivity index (χ2v) is 5.12. The van der Waals surface area contributed by atoms with Gasteiger partial charge in [-0.05, 0) is 45.1 Å². The summed E-state index contributed by atoms with van der Waals surface area (Å²) in [6, 6.07) is 2.27. The van der Waals surface area contributed by atoms with E-state index in [1.807, 2.05) is 18.7 Å². The maximum Gasteiger partial charge on any atom is 0.0629 e. The van der Waals surface area contributed by atoms with Gasteiger partial charge in [0.05, 0.1) is 23.5 Å². The van der Waals surface area contributed by atoms with Crippen LogP contribution in [-0.4, -0.2) is 22.5 Å². The van der Waals surface area contributed by atoms with Gasteiger partial charge < -0.3 is 4.74 Å². The Kier molecular flexibility index (Phi) is 4.74. The lowest BCUT2D eigenvalue weighted by Crippen LogP contribution is -2.29. The number of hydrogen-bond acceptors (Lipinski definition) is 4. The van der Waals surface area contributed by atoms with Crippen LogP contribution < -0.4 is 11.3 Å². The van der Waals surface area contributed by atoms with E-state index < -0.39 is 0 Å². The Bertz CT molecular complexity index is 371. The molecule has 1 aromatic heterocycles. The van der Waals surface area contributed by atoms with Crippen LogP contribution in [0.15, 0.2) is 6.07 Å². The summed E-state index contributed by atoms with van der Waals surface area (Å²) in [5.41, 5.74) is 5.09. The van der Waals surface area contributed by atoms with Crippen molar-refractivity contribution in [2.75, 3.05) is 6.61 Å². The highest BCUT2D eigenvalue weighted by Crippen LogP contribution is 2.23. The van der Waals surface area contributed by atoms with Crippen molar-refractivity contribution in [2.24, 2.45) is 12.9 Å². The average Bonchev–Trinajstić information content (AvgIpc) is 2.95. The topological polar surface area (TPSA) is 65.1 Å². The molecule has 0 aliphatic carbocycles. The highest BCUT2D eigenvalue weighted by atomic mass is 16.5. The molecular weight excluding hydrogens is 228 g/mol. The zero-order valence-electron chi connectivity index (χ0n) is 11.4. The molecule has 5 heteroatoms. The minimum absolute atomic E-state index is 0.178. The van der Waals surface area contributed by atoms with Gasteiger partial charge in [0.25, 0.3) is 0 Å². The Morgan fingerprint density at radius 1 is 1.67 bits per heavy atom. The molecule has 0 aromatic carbocycles. The molecule has 2 rings (SSSR count). The van der Waals surface area contributed by atoms with E-state index in [1.165, 1.54) is 12.8 Å². The lowest BCUT2D eigenvalue weighted by molar-refractivity contribution is 0.101. The molecule has 1 fully saturated rings. The van der Waals surface area contributed by atoms with Crippen molar-refractivity contribution in [3.05, 3.63) is 17.5 Å². The molecule has 102 valence electrons. The number of nitrogens with one attached hydrogen (secondary N) is 1. The number of hydrogen-bond donors (Lipinski definition) is 2. The van der Waals surface area contributed by atoms with Crippen LogP contribution in [-0.2, 0) is 11.8 Å². The van der Waals surface area contributed by atoms with Gasteiger partial charge in [0.1, 0.15) is 0 Å². The zero-order valence-corrected chi connectivity index (χ0v) is 11.4. The van der Waals surface area contributed by atoms with Crippen molar-refractivity contribution in [2.45, 2.75) is 51.2 Å². The fraction of sp³-hybridized carbons (Fsp3) is 0.769. The Morgan fingerprint density at radius 3 is 3.06 bits per heavy atom. The number of rotatable bonds is 6. The first kappa shape index (κ1) is 13.5. The van der Waals surface area contributed by atoms with Crippen LogP contribution in [0, 0.1) is 6.92 Å². The Morgan fingerprint density at radius 2 is 2.50 bits per heavy atom. The molecule has 0 saturated carbocycles. The molecule has 2 unspecified atom stereocenters. The summed E-state index contributed by atoms with van der Waals surface area (Å²) in [7, 11) is 1.97. The molecule has 1 aromatic rings. The minimum Gasteiger partial charge on any atom is -0.378 e. The van der Waals surface area contributed by atoms with E-state index in [0.717, 1.165) is 37.3 Å². The Balaban J connectivity index is 1.83. The third kappa shape index (κ3) is 3.31. The number of hydrazine groups is 1. The van der Waals surface area contributed by atoms with Gasteiger partial charge in [-0.3, -0.25) is 16.0 Å². The summed E-state index contributed by atoms with van der Waals surface area (Å²) in [5.74, 6) is 5.65. The predicted octanol–water partition coefficient (Wildman–Crippen LogP) is 1.58. The van der Waals surface area contributed by atoms with E-state index in [-0.39, 0.29) is 6.04 Å². The molecule has 5 nitrogen and oxygen atoms in total. The monoisotopic (exact) mass is 252 g/mol. The smallest absolute Gasteiger partial charge is 0.0629 e. The lowest BCUT2D eigenvalue weighted by Gasteiger charge is -2.17. The first-order valence-electron chi connectivity index (χ1n) is 6.79. The summed E-state index contributed by atoms with van der Waals surface area (Å²) >= 11 is 0. The van der Waals surface area contributed by atoms with E-state index in [2.05, 4.69) is 16.6 Å². The van der Waals surface area contributed by atoms with Crippen LogP contribution in [0.25, 0.3) is 0 Å². The predicted molar refractivity (Wildman–Crippen MR) is 70.8 cm³/mol. The summed E-state index contributed by atoms with van der Waals surface area (Å²) in [4.78, 5) is 0. The standard InChI is InChI=1S/C13H24N4O/c1-10-9-13(17(2)16-10)12(15-14)7-3-5-11-6-4-8-18-11/h9,11-12,15H,3-8,14H2,1-2H3. The van der Waals surface area contributed by atoms with Gasteiger partial charge in [-0.25, -0.2) is 0 Å². The molecule has 3 N–H and O–H groups in total. The molecule has 18 heavy (non-hydrogen) atoms. The third-order valence-corrected chi connectivity index (χ3v) is 3.64. The van der Waals surface area contributed by atoms with Gasteiger partial charge in [-0.1, -0.05) is 0 Å². The van der Waals surface area contributed by atoms with Crippen LogP contribution in [0.5, 0.6) is 0 Å². The van der Waals surface area contributed by atoms with E-state index in [4.69, 9.17) is 10.6 Å². The summed E-state index contributed by atoms with van der Waals surface area (Å²) in [6.07, 6.45) is 6.18. The van der Waals surface area contributed by atoms with Crippen molar-refractivity contribution >= 4 is 0 Å². The zero-order chi connectivity index (χ0) is 13.0. The number of aromatic nitrogens is 2. The maximum atomic E-state index is 5.65. The second kappa shape index (κ2) is 6.31. The number of nitrogens with zero attached hydrogens (tertiary/aromatic N) is 2. The highest BCUT2D eigenvalue weighted by Gasteiger charge is 2.18. The molecule has 1 saturated heterocycles. The van der Waals surface area contributed by atoms with Crippen LogP contribution in [0.2, 0.25) is 0 Å². The second-order valence-electron chi connectivity index (χ2n) is 5.12. The number of ether oxygens (including phenoxy) is 1. The molecule has 1 aliphatic rings. The molecule has 0 amide bonds. The van der Waals surface area contributed by atoms with Crippen LogP contribution in [0.1, 0.15) is 49.5 Å². The molecule has 0 bridgehead atoms. The quantitative estimate of drug-likeness (QED) is 0.596. The van der Waals surface area contributed by atoms with Gasteiger partial charge in [0, 0.05) is 13.7 Å². The Hall–Kier alpha value is -0.910. The Labute approximate surface area is 109 Å². The third-order valence-electron chi connectivity index (χ3n) is 3.64. The SMILES string of the molecule is Cc1cc(C(CCCC2CCCO2)NN)n(C)n1. The van der Waals surface area contributed by atoms with Crippen molar-refractivity contribution in [3.8, 4) is 0 Å². The van der Waals surface area contributed by atoms with E-state index >= 15 is 0 Å². The average molecular weight is 252 g/mol. The van der Waals surface area contributed by atoms with Gasteiger partial charge in [-0.2, -0.15) is 5.10 Å². The van der Waals surface area contributed by atoms with Gasteiger partial charge in [0.15, 0.2) is 0 Å². The van der Waals surface area contributed by atoms with Crippen molar-refractivity contribution in [1.82, 2.24) is 15.2 Å². The van der Waals surface area contributed by atoms with Crippen molar-refractivity contribution in [3.63, 3.8) is 0 Å². The van der Waals surface area contributed by atoms with Crippen LogP contribution in [0.4, 0.5) is 0 Å². The lowest BCUT2D eigenvalue weighted by atomic mass is 10.0. The minimum atomic E-state index is 0.178. The molecule has 0 spiro atoms. The van der Waals surface area contributed by atoms with Gasteiger partial charge in [0.2, 0.25) is 0 Å². The largest absolute Gasteiger partial charge is 0.378 e. The number of nitrogens with two attached hydrogens (primary N) is 1. The molecular formula is C13H24N4O. The highest BCUT2D eigenvalue weighted by molar-refractivity contribution is 5.12. The fourth-order valence-corrected chi connectivity index (χ4v) is 2.70. The van der Waals surface area contributed by atoms with Crippen LogP contribution >= 0.6 is 0 Å². The molecule has 0 radical (unpaired) electrons. The van der Waals surface area contributed by atoms with E-state index in [0.29, 0.717) is 6.10 Å². The molecule has 1 aliphatic heterocycles. The summed E-state index contributed by atoms with van der Waals surface area (Å²) < 4.78 is 7.54. The van der Waals surface area contributed by atoms with Crippen molar-refractivity contribution in [1.29, 1.82) is 0 Å². The van der Waals surface area contributed by atoms with E-state index in [1.54, 1.807) is 0 Å². The van der Waals surface area contributed by atoms with Gasteiger partial charge >= 0.3 is 0 Å².